The first-order chi connectivity index (χ1) is 8.61. The molecule has 1 heterocycles. The molecule has 1 fully saturated rings. The number of aryl methyl sites for hydroxylation is 1. The Morgan fingerprint density at radius 1 is 1.61 bits per heavy atom. The summed E-state index contributed by atoms with van der Waals surface area (Å²) in [5, 5.41) is 3.48. The third kappa shape index (κ3) is 2.43. The molecule has 1 saturated heterocycles. The molecule has 1 aliphatic rings. The van der Waals surface area contributed by atoms with E-state index in [0.29, 0.717) is 25.2 Å². The number of anilines is 1. The quantitative estimate of drug-likeness (QED) is 0.460. The molecule has 1 aliphatic heterocycles. The number of hydrogen-bond acceptors (Lipinski definition) is 2. The molecule has 0 spiro atoms. The summed E-state index contributed by atoms with van der Waals surface area (Å²) in [5.41, 5.74) is 9.72. The van der Waals surface area contributed by atoms with Crippen LogP contribution < -0.4 is 4.90 Å². The minimum Gasteiger partial charge on any atom is -0.312 e. The second-order valence-corrected chi connectivity index (χ2v) is 4.42. The van der Waals surface area contributed by atoms with Gasteiger partial charge in [-0.2, -0.15) is 0 Å². The van der Waals surface area contributed by atoms with Crippen molar-refractivity contribution in [1.82, 2.24) is 0 Å². The molecule has 0 aliphatic carbocycles. The van der Waals surface area contributed by atoms with E-state index in [9.17, 15) is 9.18 Å². The SMILES string of the molecule is Cc1ccc(F)cc1N1CC(CN=[N+]=[N-])CC1=O. The third-order valence-electron chi connectivity index (χ3n) is 3.07. The lowest BCUT2D eigenvalue weighted by Crippen LogP contribution is -2.25. The second-order valence-electron chi connectivity index (χ2n) is 4.42. The zero-order chi connectivity index (χ0) is 13.1. The van der Waals surface area contributed by atoms with E-state index >= 15 is 0 Å². The predicted octanol–water partition coefficient (Wildman–Crippen LogP) is 2.80. The fraction of sp³-hybridized carbons (Fsp3) is 0.417. The highest BCUT2D eigenvalue weighted by atomic mass is 19.1. The number of carbonyl (C=O) groups is 1. The van der Waals surface area contributed by atoms with Gasteiger partial charge < -0.3 is 4.90 Å². The molecule has 1 aromatic rings. The average molecular weight is 248 g/mol. The normalized spacial score (nSPS) is 18.9. The number of hydrogen-bond donors (Lipinski definition) is 0. The van der Waals surface area contributed by atoms with Gasteiger partial charge in [0.25, 0.3) is 0 Å². The maximum absolute atomic E-state index is 13.2. The Kier molecular flexibility index (Phi) is 3.48. The van der Waals surface area contributed by atoms with Crippen LogP contribution in [0, 0.1) is 18.7 Å². The predicted molar refractivity (Wildman–Crippen MR) is 65.6 cm³/mol. The largest absolute Gasteiger partial charge is 0.312 e. The first-order valence-electron chi connectivity index (χ1n) is 5.69. The number of amides is 1. The molecule has 0 aromatic heterocycles. The number of carbonyl (C=O) groups excluding carboxylic acids is 1. The van der Waals surface area contributed by atoms with Crippen LogP contribution in [0.3, 0.4) is 0 Å². The van der Waals surface area contributed by atoms with E-state index in [-0.39, 0.29) is 17.6 Å². The summed E-state index contributed by atoms with van der Waals surface area (Å²) < 4.78 is 13.2. The smallest absolute Gasteiger partial charge is 0.227 e. The lowest BCUT2D eigenvalue weighted by atomic mass is 10.1. The van der Waals surface area contributed by atoms with Crippen molar-refractivity contribution < 1.29 is 9.18 Å². The highest BCUT2D eigenvalue weighted by molar-refractivity contribution is 5.96. The summed E-state index contributed by atoms with van der Waals surface area (Å²) in [4.78, 5) is 16.1. The molecule has 94 valence electrons. The summed E-state index contributed by atoms with van der Waals surface area (Å²) in [7, 11) is 0. The van der Waals surface area contributed by atoms with Crippen LogP contribution in [0.15, 0.2) is 23.3 Å². The number of rotatable bonds is 3. The van der Waals surface area contributed by atoms with E-state index in [1.807, 2.05) is 6.92 Å². The lowest BCUT2D eigenvalue weighted by Gasteiger charge is -2.19. The van der Waals surface area contributed by atoms with E-state index in [1.54, 1.807) is 11.0 Å². The van der Waals surface area contributed by atoms with Crippen LogP contribution in [-0.4, -0.2) is 19.0 Å². The summed E-state index contributed by atoms with van der Waals surface area (Å²) in [6, 6.07) is 4.39. The molecule has 1 amide bonds. The molecular weight excluding hydrogens is 235 g/mol. The fourth-order valence-electron chi connectivity index (χ4n) is 2.16. The molecule has 0 saturated carbocycles. The Morgan fingerprint density at radius 3 is 3.11 bits per heavy atom. The van der Waals surface area contributed by atoms with E-state index < -0.39 is 0 Å². The fourth-order valence-corrected chi connectivity index (χ4v) is 2.16. The van der Waals surface area contributed by atoms with Crippen LogP contribution >= 0.6 is 0 Å². The van der Waals surface area contributed by atoms with Gasteiger partial charge in [0.15, 0.2) is 0 Å². The molecule has 2 rings (SSSR count). The Balaban J connectivity index is 2.21. The van der Waals surface area contributed by atoms with Gasteiger partial charge in [-0.1, -0.05) is 11.2 Å². The number of nitrogens with zero attached hydrogens (tertiary/aromatic N) is 4. The molecule has 5 nitrogen and oxygen atoms in total. The third-order valence-corrected chi connectivity index (χ3v) is 3.07. The van der Waals surface area contributed by atoms with Gasteiger partial charge in [-0.3, -0.25) is 4.79 Å². The van der Waals surface area contributed by atoms with Crippen molar-refractivity contribution in [3.8, 4) is 0 Å². The molecular formula is C12H13FN4O. The Bertz CT molecular complexity index is 525. The van der Waals surface area contributed by atoms with Crippen molar-refractivity contribution in [2.75, 3.05) is 18.0 Å². The second kappa shape index (κ2) is 5.06. The Hall–Kier alpha value is -2.07. The van der Waals surface area contributed by atoms with Crippen molar-refractivity contribution in [1.29, 1.82) is 0 Å². The summed E-state index contributed by atoms with van der Waals surface area (Å²) in [6.07, 6.45) is 0.342. The molecule has 6 heteroatoms. The standard InChI is InChI=1S/C12H13FN4O/c1-8-2-3-10(13)5-11(8)17-7-9(4-12(17)18)6-15-16-14/h2-3,5,9H,4,6-7H2,1H3. The molecule has 1 atom stereocenters. The van der Waals surface area contributed by atoms with Crippen LogP contribution in [0.5, 0.6) is 0 Å². The summed E-state index contributed by atoms with van der Waals surface area (Å²) in [5.74, 6) is -0.403. The lowest BCUT2D eigenvalue weighted by molar-refractivity contribution is -0.117. The first-order valence-corrected chi connectivity index (χ1v) is 5.69. The monoisotopic (exact) mass is 248 g/mol. The van der Waals surface area contributed by atoms with Crippen molar-refractivity contribution >= 4 is 11.6 Å². The van der Waals surface area contributed by atoms with Crippen molar-refractivity contribution in [2.24, 2.45) is 11.0 Å². The molecule has 0 radical (unpaired) electrons. The highest BCUT2D eigenvalue weighted by Crippen LogP contribution is 2.28. The van der Waals surface area contributed by atoms with Gasteiger partial charge in [0, 0.05) is 30.1 Å². The van der Waals surface area contributed by atoms with E-state index in [1.165, 1.54) is 12.1 Å². The van der Waals surface area contributed by atoms with Crippen molar-refractivity contribution in [3.63, 3.8) is 0 Å². The minimum atomic E-state index is -0.359. The molecule has 18 heavy (non-hydrogen) atoms. The van der Waals surface area contributed by atoms with Crippen molar-refractivity contribution in [3.05, 3.63) is 40.0 Å². The first kappa shape index (κ1) is 12.4. The Labute approximate surface area is 104 Å². The molecule has 1 unspecified atom stereocenters. The summed E-state index contributed by atoms with van der Waals surface area (Å²) in [6.45, 7) is 2.61. The van der Waals surface area contributed by atoms with Gasteiger partial charge >= 0.3 is 0 Å². The van der Waals surface area contributed by atoms with Crippen LogP contribution in [0.1, 0.15) is 12.0 Å². The maximum atomic E-state index is 13.2. The Morgan fingerprint density at radius 2 is 2.39 bits per heavy atom. The average Bonchev–Trinajstić information content (AvgIpc) is 2.71. The number of halogens is 1. The van der Waals surface area contributed by atoms with E-state index in [2.05, 4.69) is 10.0 Å². The molecule has 0 N–H and O–H groups in total. The molecule has 1 aromatic carbocycles. The summed E-state index contributed by atoms with van der Waals surface area (Å²) >= 11 is 0. The topological polar surface area (TPSA) is 69.1 Å². The van der Waals surface area contributed by atoms with Gasteiger partial charge in [0.05, 0.1) is 0 Å². The zero-order valence-electron chi connectivity index (χ0n) is 10.0. The number of azide groups is 1. The van der Waals surface area contributed by atoms with Gasteiger partial charge in [-0.05, 0) is 36.1 Å². The van der Waals surface area contributed by atoms with Gasteiger partial charge in [0.1, 0.15) is 5.82 Å². The minimum absolute atomic E-state index is 0.0102. The van der Waals surface area contributed by atoms with Crippen LogP contribution in [0.4, 0.5) is 10.1 Å². The van der Waals surface area contributed by atoms with Gasteiger partial charge in [0.2, 0.25) is 5.91 Å². The maximum Gasteiger partial charge on any atom is 0.227 e. The zero-order valence-corrected chi connectivity index (χ0v) is 10.0. The van der Waals surface area contributed by atoms with Crippen LogP contribution in [-0.2, 0) is 4.79 Å². The van der Waals surface area contributed by atoms with E-state index in [0.717, 1.165) is 5.56 Å². The highest BCUT2D eigenvalue weighted by Gasteiger charge is 2.30. The van der Waals surface area contributed by atoms with E-state index in [4.69, 9.17) is 5.53 Å². The number of benzene rings is 1. The van der Waals surface area contributed by atoms with Gasteiger partial charge in [-0.15, -0.1) is 0 Å². The van der Waals surface area contributed by atoms with Crippen molar-refractivity contribution in [2.45, 2.75) is 13.3 Å². The molecule has 0 bridgehead atoms. The van der Waals surface area contributed by atoms with Gasteiger partial charge in [-0.25, -0.2) is 4.39 Å². The van der Waals surface area contributed by atoms with Crippen LogP contribution in [0.25, 0.3) is 10.4 Å². The van der Waals surface area contributed by atoms with Crippen LogP contribution in [0.2, 0.25) is 0 Å².